The smallest absolute Gasteiger partial charge is 0.320 e. The van der Waals surface area contributed by atoms with Crippen LogP contribution in [0, 0.1) is 5.92 Å². The highest BCUT2D eigenvalue weighted by Gasteiger charge is 2.27. The summed E-state index contributed by atoms with van der Waals surface area (Å²) in [6.07, 6.45) is 0.399. The van der Waals surface area contributed by atoms with Gasteiger partial charge in [-0.15, -0.1) is 0 Å². The van der Waals surface area contributed by atoms with Crippen molar-refractivity contribution in [1.82, 2.24) is 5.32 Å². The molecule has 1 aliphatic rings. The Morgan fingerprint density at radius 1 is 1.00 bits per heavy atom. The molecule has 0 amide bonds. The summed E-state index contributed by atoms with van der Waals surface area (Å²) in [5.41, 5.74) is 14.4. The molecule has 0 radical (unpaired) electrons. The minimum Gasteiger partial charge on any atom is -0.480 e. The van der Waals surface area contributed by atoms with Crippen LogP contribution in [0.2, 0.25) is 0 Å². The topological polar surface area (TPSA) is 260 Å². The normalized spacial score (nSPS) is 18.2. The standard InChI is InChI=1S/C6H13NO2.C5H9NO3.2C2H5NO2/c1-4(2)3-5(7)6(8)9;7-3-1-4(5(8)9)6-2-3;2*3-1-2(4)5/h4-5H,3,7H2,1-2H3,(H,8,9);3-4,6-7H,1-2H2,(H,8,9);2*1,3H2,(H,4,5)/t5-;3-,4+;;/m01../s1. The van der Waals surface area contributed by atoms with E-state index in [2.05, 4.69) is 16.8 Å². The molecule has 0 aromatic carbocycles. The third kappa shape index (κ3) is 23.7. The van der Waals surface area contributed by atoms with Crippen molar-refractivity contribution in [2.45, 2.75) is 44.9 Å². The fourth-order valence-electron chi connectivity index (χ4n) is 1.51. The second-order valence-electron chi connectivity index (χ2n) is 5.96. The summed E-state index contributed by atoms with van der Waals surface area (Å²) in [6.45, 7) is 3.74. The lowest BCUT2D eigenvalue weighted by Gasteiger charge is -2.07. The van der Waals surface area contributed by atoms with Crippen LogP contribution in [0.15, 0.2) is 0 Å². The van der Waals surface area contributed by atoms with Gasteiger partial charge >= 0.3 is 23.9 Å². The number of aliphatic hydroxyl groups is 1. The van der Waals surface area contributed by atoms with Crippen LogP contribution in [0.25, 0.3) is 0 Å². The number of aliphatic carboxylic acids is 4. The SMILES string of the molecule is CC(C)C[C@H](N)C(=O)O.NCC(=O)O.NCC(=O)O.O=C(O)[C@@H]1C[C@@H](O)CN1. The Hall–Kier alpha value is -2.32. The summed E-state index contributed by atoms with van der Waals surface area (Å²) >= 11 is 0. The van der Waals surface area contributed by atoms with Crippen LogP contribution in [-0.4, -0.2) is 87.2 Å². The van der Waals surface area contributed by atoms with E-state index in [0.29, 0.717) is 25.3 Å². The summed E-state index contributed by atoms with van der Waals surface area (Å²) in [4.78, 5) is 38.8. The van der Waals surface area contributed by atoms with E-state index in [0.717, 1.165) is 0 Å². The van der Waals surface area contributed by atoms with Crippen LogP contribution in [0.1, 0.15) is 26.7 Å². The number of hydrogen-bond acceptors (Lipinski definition) is 9. The third-order valence-corrected chi connectivity index (χ3v) is 2.80. The van der Waals surface area contributed by atoms with Crippen LogP contribution in [-0.2, 0) is 19.2 Å². The first-order valence-electron chi connectivity index (χ1n) is 8.24. The molecule has 13 heteroatoms. The second-order valence-corrected chi connectivity index (χ2v) is 5.96. The van der Waals surface area contributed by atoms with Gasteiger partial charge < -0.3 is 48.1 Å². The van der Waals surface area contributed by atoms with Crippen molar-refractivity contribution >= 4 is 23.9 Å². The predicted molar refractivity (Wildman–Crippen MR) is 98.5 cm³/mol. The van der Waals surface area contributed by atoms with E-state index in [9.17, 15) is 19.2 Å². The number of carbonyl (C=O) groups is 4. The van der Waals surface area contributed by atoms with Crippen LogP contribution < -0.4 is 22.5 Å². The van der Waals surface area contributed by atoms with Gasteiger partial charge in [0.25, 0.3) is 0 Å². The van der Waals surface area contributed by atoms with E-state index in [1.807, 2.05) is 13.8 Å². The van der Waals surface area contributed by atoms with E-state index < -0.39 is 42.1 Å². The zero-order valence-corrected chi connectivity index (χ0v) is 15.9. The van der Waals surface area contributed by atoms with Crippen LogP contribution in [0.5, 0.6) is 0 Å². The van der Waals surface area contributed by atoms with Gasteiger partial charge in [-0.2, -0.15) is 0 Å². The van der Waals surface area contributed by atoms with Gasteiger partial charge in [-0.3, -0.25) is 19.2 Å². The highest BCUT2D eigenvalue weighted by Crippen LogP contribution is 2.05. The first kappa shape index (κ1) is 30.4. The number of carboxylic acids is 4. The number of aliphatic hydroxyl groups excluding tert-OH is 1. The second kappa shape index (κ2) is 18.1. The molecule has 13 nitrogen and oxygen atoms in total. The van der Waals surface area contributed by atoms with E-state index in [1.54, 1.807) is 0 Å². The van der Waals surface area contributed by atoms with Crippen molar-refractivity contribution in [1.29, 1.82) is 0 Å². The molecule has 0 bridgehead atoms. The zero-order valence-electron chi connectivity index (χ0n) is 15.9. The number of rotatable bonds is 6. The first-order valence-corrected chi connectivity index (χ1v) is 8.24. The minimum absolute atomic E-state index is 0.278. The average Bonchev–Trinajstić information content (AvgIpc) is 3.02. The Kier molecular flexibility index (Phi) is 19.6. The summed E-state index contributed by atoms with van der Waals surface area (Å²) in [5.74, 6) is -3.37. The molecule has 0 saturated carbocycles. The Morgan fingerprint density at radius 2 is 1.39 bits per heavy atom. The molecule has 0 aromatic rings. The molecule has 0 spiro atoms. The van der Waals surface area contributed by atoms with Gasteiger partial charge in [0, 0.05) is 13.0 Å². The quantitative estimate of drug-likeness (QED) is 0.215. The molecule has 0 aromatic heterocycles. The van der Waals surface area contributed by atoms with Crippen molar-refractivity contribution in [3.05, 3.63) is 0 Å². The summed E-state index contributed by atoms with van der Waals surface area (Å²) in [5, 5.41) is 43.3. The molecule has 1 rings (SSSR count). The van der Waals surface area contributed by atoms with Gasteiger partial charge in [0.05, 0.1) is 19.2 Å². The van der Waals surface area contributed by atoms with Gasteiger partial charge in [-0.05, 0) is 12.3 Å². The third-order valence-electron chi connectivity index (χ3n) is 2.80. The highest BCUT2D eigenvalue weighted by atomic mass is 16.4. The van der Waals surface area contributed by atoms with Gasteiger partial charge in [0.2, 0.25) is 0 Å². The zero-order chi connectivity index (χ0) is 22.9. The number of nitrogens with two attached hydrogens (primary N) is 3. The van der Waals surface area contributed by atoms with Crippen molar-refractivity contribution < 1.29 is 44.7 Å². The van der Waals surface area contributed by atoms with Gasteiger partial charge in [-0.25, -0.2) is 0 Å². The first-order chi connectivity index (χ1) is 12.8. The van der Waals surface area contributed by atoms with Crippen molar-refractivity contribution in [3.8, 4) is 0 Å². The largest absolute Gasteiger partial charge is 0.480 e. The van der Waals surface area contributed by atoms with Crippen LogP contribution in [0.4, 0.5) is 0 Å². The molecule has 28 heavy (non-hydrogen) atoms. The summed E-state index contributed by atoms with van der Waals surface area (Å²) < 4.78 is 0. The molecule has 1 heterocycles. The Balaban J connectivity index is -0.000000311. The van der Waals surface area contributed by atoms with Crippen LogP contribution in [0.3, 0.4) is 0 Å². The number of carboxylic acid groups (broad SMARTS) is 4. The van der Waals surface area contributed by atoms with Gasteiger partial charge in [0.15, 0.2) is 0 Å². The minimum atomic E-state index is -0.968. The number of nitrogens with one attached hydrogen (secondary N) is 1. The maximum absolute atomic E-state index is 10.2. The lowest BCUT2D eigenvalue weighted by molar-refractivity contribution is -0.140. The highest BCUT2D eigenvalue weighted by molar-refractivity contribution is 5.74. The average molecular weight is 412 g/mol. The Bertz CT molecular complexity index is 460. The molecule has 3 atom stereocenters. The monoisotopic (exact) mass is 412 g/mol. The van der Waals surface area contributed by atoms with Crippen molar-refractivity contribution in [2.75, 3.05) is 19.6 Å². The fraction of sp³-hybridized carbons (Fsp3) is 0.733. The molecule has 166 valence electrons. The Morgan fingerprint density at radius 3 is 1.50 bits per heavy atom. The summed E-state index contributed by atoms with van der Waals surface area (Å²) in [7, 11) is 0. The molecule has 1 aliphatic heterocycles. The maximum Gasteiger partial charge on any atom is 0.320 e. The fourth-order valence-corrected chi connectivity index (χ4v) is 1.51. The molecule has 1 saturated heterocycles. The van der Waals surface area contributed by atoms with Gasteiger partial charge in [-0.1, -0.05) is 13.8 Å². The lowest BCUT2D eigenvalue weighted by Crippen LogP contribution is -2.31. The molecular formula is C15H32N4O9. The van der Waals surface area contributed by atoms with Crippen molar-refractivity contribution in [2.24, 2.45) is 23.1 Å². The van der Waals surface area contributed by atoms with E-state index >= 15 is 0 Å². The molecule has 1 fully saturated rings. The Labute approximate surface area is 162 Å². The van der Waals surface area contributed by atoms with E-state index in [4.69, 9.17) is 31.3 Å². The molecular weight excluding hydrogens is 380 g/mol. The van der Waals surface area contributed by atoms with E-state index in [-0.39, 0.29) is 13.1 Å². The molecule has 0 aliphatic carbocycles. The molecule has 12 N–H and O–H groups in total. The van der Waals surface area contributed by atoms with E-state index in [1.165, 1.54) is 0 Å². The lowest BCUT2D eigenvalue weighted by atomic mass is 10.1. The number of hydrogen-bond donors (Lipinski definition) is 9. The predicted octanol–water partition coefficient (Wildman–Crippen LogP) is -2.70. The van der Waals surface area contributed by atoms with Crippen LogP contribution >= 0.6 is 0 Å². The number of β-amino-alcohol motifs (C(OH)–C–C–N with tert-alkyl or cyclic N) is 1. The summed E-state index contributed by atoms with van der Waals surface area (Å²) in [6, 6.07) is -1.23. The van der Waals surface area contributed by atoms with Crippen molar-refractivity contribution in [3.63, 3.8) is 0 Å². The molecule has 0 unspecified atom stereocenters. The van der Waals surface area contributed by atoms with Gasteiger partial charge in [0.1, 0.15) is 12.1 Å². The maximum atomic E-state index is 10.2.